The second kappa shape index (κ2) is 6.72. The van der Waals surface area contributed by atoms with Gasteiger partial charge in [-0.2, -0.15) is 0 Å². The third-order valence-electron chi connectivity index (χ3n) is 2.99. The molecule has 2 rings (SSSR count). The molecule has 0 aliphatic carbocycles. The van der Waals surface area contributed by atoms with Gasteiger partial charge < -0.3 is 4.90 Å². The maximum Gasteiger partial charge on any atom is 0.244 e. The molecule has 1 fully saturated rings. The molecule has 7 heteroatoms. The van der Waals surface area contributed by atoms with E-state index in [1.165, 1.54) is 31.0 Å². The second-order valence-electron chi connectivity index (χ2n) is 4.55. The maximum absolute atomic E-state index is 11.1. The first-order valence-electron chi connectivity index (χ1n) is 6.42. The Morgan fingerprint density at radius 3 is 2.84 bits per heavy atom. The largest absolute Gasteiger partial charge is 0.356 e. The Morgan fingerprint density at radius 1 is 1.42 bits per heavy atom. The summed E-state index contributed by atoms with van der Waals surface area (Å²) in [5, 5.41) is 0.629. The average Bonchev–Trinajstić information content (AvgIpc) is 2.45. The topological polar surface area (TPSA) is 84.1 Å². The zero-order valence-corrected chi connectivity index (χ0v) is 11.9. The van der Waals surface area contributed by atoms with Crippen molar-refractivity contribution in [1.29, 1.82) is 0 Å². The van der Waals surface area contributed by atoms with Gasteiger partial charge in [0.15, 0.2) is 5.16 Å². The monoisotopic (exact) mass is 281 g/mol. The van der Waals surface area contributed by atoms with Gasteiger partial charge in [-0.1, -0.05) is 11.8 Å². The highest BCUT2D eigenvalue weighted by atomic mass is 32.2. The molecule has 0 spiro atoms. The third-order valence-corrected chi connectivity index (χ3v) is 3.84. The van der Waals surface area contributed by atoms with Crippen molar-refractivity contribution in [3.05, 3.63) is 11.8 Å². The van der Waals surface area contributed by atoms with Crippen LogP contribution in [-0.2, 0) is 4.79 Å². The van der Waals surface area contributed by atoms with E-state index in [-0.39, 0.29) is 11.7 Å². The van der Waals surface area contributed by atoms with Crippen LogP contribution in [0.3, 0.4) is 0 Å². The molecule has 0 atom stereocenters. The normalized spacial score (nSPS) is 15.4. The number of nitrogens with zero attached hydrogens (tertiary/aromatic N) is 3. The van der Waals surface area contributed by atoms with Crippen LogP contribution < -0.4 is 16.2 Å². The Labute approximate surface area is 117 Å². The van der Waals surface area contributed by atoms with E-state index in [4.69, 9.17) is 5.84 Å². The number of rotatable bonds is 4. The SMILES string of the molecule is Cc1cc(N2CCCCC2)nc(SCC(=O)NN)n1. The van der Waals surface area contributed by atoms with Crippen LogP contribution in [0.4, 0.5) is 5.82 Å². The van der Waals surface area contributed by atoms with Crippen molar-refractivity contribution in [2.45, 2.75) is 31.3 Å². The molecule has 0 saturated carbocycles. The molecule has 0 aromatic carbocycles. The highest BCUT2D eigenvalue weighted by molar-refractivity contribution is 7.99. The Bertz CT molecular complexity index is 448. The fourth-order valence-electron chi connectivity index (χ4n) is 2.05. The molecule has 1 saturated heterocycles. The van der Waals surface area contributed by atoms with E-state index in [2.05, 4.69) is 20.3 Å². The number of anilines is 1. The number of amides is 1. The molecular formula is C12H19N5OS. The summed E-state index contributed by atoms with van der Waals surface area (Å²) < 4.78 is 0. The van der Waals surface area contributed by atoms with Crippen LogP contribution in [0, 0.1) is 6.92 Å². The number of nitrogens with one attached hydrogen (secondary N) is 1. The minimum atomic E-state index is -0.227. The molecule has 1 aromatic rings. The number of aryl methyl sites for hydroxylation is 1. The molecular weight excluding hydrogens is 262 g/mol. The van der Waals surface area contributed by atoms with Gasteiger partial charge in [0.2, 0.25) is 5.91 Å². The Balaban J connectivity index is 2.07. The Morgan fingerprint density at radius 2 is 2.16 bits per heavy atom. The van der Waals surface area contributed by atoms with Gasteiger partial charge in [0.05, 0.1) is 5.75 Å². The molecule has 1 amide bonds. The lowest BCUT2D eigenvalue weighted by molar-refractivity contribution is -0.118. The molecule has 19 heavy (non-hydrogen) atoms. The van der Waals surface area contributed by atoms with Crippen molar-refractivity contribution in [3.8, 4) is 0 Å². The van der Waals surface area contributed by atoms with Crippen molar-refractivity contribution in [2.24, 2.45) is 5.84 Å². The Kier molecular flexibility index (Phi) is 4.98. The van der Waals surface area contributed by atoms with Gasteiger partial charge in [-0.05, 0) is 26.2 Å². The summed E-state index contributed by atoms with van der Waals surface area (Å²) in [5.74, 6) is 6.02. The number of carbonyl (C=O) groups is 1. The summed E-state index contributed by atoms with van der Waals surface area (Å²) in [5.41, 5.74) is 3.02. The molecule has 1 aromatic heterocycles. The standard InChI is InChI=1S/C12H19N5OS/c1-9-7-10(17-5-3-2-4-6-17)15-12(14-9)19-8-11(18)16-13/h7H,2-6,8,13H2,1H3,(H,16,18). The van der Waals surface area contributed by atoms with Crippen LogP contribution >= 0.6 is 11.8 Å². The van der Waals surface area contributed by atoms with Gasteiger partial charge in [-0.15, -0.1) is 0 Å². The van der Waals surface area contributed by atoms with Gasteiger partial charge >= 0.3 is 0 Å². The molecule has 104 valence electrons. The van der Waals surface area contributed by atoms with Crippen LogP contribution in [0.5, 0.6) is 0 Å². The molecule has 0 unspecified atom stereocenters. The van der Waals surface area contributed by atoms with Crippen LogP contribution in [0.15, 0.2) is 11.2 Å². The first kappa shape index (κ1) is 14.1. The Hall–Kier alpha value is -1.34. The molecule has 1 aliphatic rings. The van der Waals surface area contributed by atoms with Crippen LogP contribution in [0.1, 0.15) is 25.0 Å². The quantitative estimate of drug-likeness (QED) is 0.280. The predicted octanol–water partition coefficient (Wildman–Crippen LogP) is 0.857. The molecule has 1 aliphatic heterocycles. The number of piperidine rings is 1. The third kappa shape index (κ3) is 4.07. The molecule has 3 N–H and O–H groups in total. The van der Waals surface area contributed by atoms with Crippen molar-refractivity contribution in [3.63, 3.8) is 0 Å². The summed E-state index contributed by atoms with van der Waals surface area (Å²) in [6.45, 7) is 4.04. The van der Waals surface area contributed by atoms with Crippen LogP contribution in [0.2, 0.25) is 0 Å². The number of carbonyl (C=O) groups excluding carboxylic acids is 1. The van der Waals surface area contributed by atoms with Crippen molar-refractivity contribution >= 4 is 23.5 Å². The molecule has 0 radical (unpaired) electrons. The fraction of sp³-hybridized carbons (Fsp3) is 0.583. The van der Waals surface area contributed by atoms with E-state index in [9.17, 15) is 4.79 Å². The van der Waals surface area contributed by atoms with Crippen molar-refractivity contribution in [1.82, 2.24) is 15.4 Å². The van der Waals surface area contributed by atoms with Gasteiger partial charge in [-0.25, -0.2) is 15.8 Å². The summed E-state index contributed by atoms with van der Waals surface area (Å²) in [4.78, 5) is 22.3. The number of hydrazine groups is 1. The minimum Gasteiger partial charge on any atom is -0.356 e. The van der Waals surface area contributed by atoms with Crippen LogP contribution in [0.25, 0.3) is 0 Å². The van der Waals surface area contributed by atoms with E-state index in [1.54, 1.807) is 0 Å². The summed E-state index contributed by atoms with van der Waals surface area (Å²) in [6, 6.07) is 2.00. The fourth-order valence-corrected chi connectivity index (χ4v) is 2.76. The number of hydrogen-bond acceptors (Lipinski definition) is 6. The van der Waals surface area contributed by atoms with Gasteiger partial charge in [-0.3, -0.25) is 10.2 Å². The lowest BCUT2D eigenvalue weighted by atomic mass is 10.1. The van der Waals surface area contributed by atoms with Crippen LogP contribution in [-0.4, -0.2) is 34.7 Å². The molecule has 0 bridgehead atoms. The lowest BCUT2D eigenvalue weighted by Crippen LogP contribution is -2.32. The number of thioether (sulfide) groups is 1. The zero-order chi connectivity index (χ0) is 13.7. The smallest absolute Gasteiger partial charge is 0.244 e. The predicted molar refractivity (Wildman–Crippen MR) is 75.9 cm³/mol. The summed E-state index contributed by atoms with van der Waals surface area (Å²) in [6.07, 6.45) is 3.71. The minimum absolute atomic E-state index is 0.227. The maximum atomic E-state index is 11.1. The highest BCUT2D eigenvalue weighted by Gasteiger charge is 2.14. The second-order valence-corrected chi connectivity index (χ2v) is 5.50. The van der Waals surface area contributed by atoms with Gasteiger partial charge in [0.1, 0.15) is 5.82 Å². The van der Waals surface area contributed by atoms with E-state index in [1.807, 2.05) is 13.0 Å². The number of nitrogens with two attached hydrogens (primary N) is 1. The van der Waals surface area contributed by atoms with E-state index in [0.29, 0.717) is 5.16 Å². The van der Waals surface area contributed by atoms with Gasteiger partial charge in [0.25, 0.3) is 0 Å². The summed E-state index contributed by atoms with van der Waals surface area (Å²) in [7, 11) is 0. The van der Waals surface area contributed by atoms with E-state index >= 15 is 0 Å². The van der Waals surface area contributed by atoms with E-state index < -0.39 is 0 Å². The number of hydrogen-bond donors (Lipinski definition) is 2. The first-order valence-corrected chi connectivity index (χ1v) is 7.40. The summed E-state index contributed by atoms with van der Waals surface area (Å²) >= 11 is 1.30. The first-order chi connectivity index (χ1) is 9.19. The average molecular weight is 281 g/mol. The number of aromatic nitrogens is 2. The molecule has 6 nitrogen and oxygen atoms in total. The zero-order valence-electron chi connectivity index (χ0n) is 11.1. The van der Waals surface area contributed by atoms with Crippen molar-refractivity contribution in [2.75, 3.05) is 23.7 Å². The van der Waals surface area contributed by atoms with Crippen molar-refractivity contribution < 1.29 is 4.79 Å². The molecule has 2 heterocycles. The van der Waals surface area contributed by atoms with Gasteiger partial charge in [0, 0.05) is 24.8 Å². The highest BCUT2D eigenvalue weighted by Crippen LogP contribution is 2.21. The lowest BCUT2D eigenvalue weighted by Gasteiger charge is -2.28. The van der Waals surface area contributed by atoms with E-state index in [0.717, 1.165) is 24.6 Å².